The Labute approximate surface area is 131 Å². The molecular weight excluding hydrogens is 357 g/mol. The van der Waals surface area contributed by atoms with E-state index in [9.17, 15) is 0 Å². The summed E-state index contributed by atoms with van der Waals surface area (Å²) in [7, 11) is 1.94. The molecule has 1 rings (SSSR count). The first-order valence-electron chi connectivity index (χ1n) is 6.22. The van der Waals surface area contributed by atoms with E-state index >= 15 is 0 Å². The molecule has 0 radical (unpaired) electrons. The van der Waals surface area contributed by atoms with Gasteiger partial charge in [0.15, 0.2) is 5.96 Å². The number of halogens is 1. The van der Waals surface area contributed by atoms with Crippen molar-refractivity contribution in [2.24, 2.45) is 12.0 Å². The number of guanidine groups is 1. The van der Waals surface area contributed by atoms with Crippen molar-refractivity contribution in [1.82, 2.24) is 20.4 Å². The highest BCUT2D eigenvalue weighted by molar-refractivity contribution is 14.0. The van der Waals surface area contributed by atoms with Crippen molar-refractivity contribution in [2.75, 3.05) is 19.7 Å². The molecule has 0 fully saturated rings. The average molecular weight is 381 g/mol. The van der Waals surface area contributed by atoms with Gasteiger partial charge in [-0.15, -0.1) is 24.0 Å². The Morgan fingerprint density at radius 2 is 2.05 bits per heavy atom. The second-order valence-electron chi connectivity index (χ2n) is 4.12. The van der Waals surface area contributed by atoms with Crippen LogP contribution in [-0.2, 0) is 13.6 Å². The minimum Gasteiger partial charge on any atom is -0.395 e. The molecule has 0 amide bonds. The second kappa shape index (κ2) is 9.13. The summed E-state index contributed by atoms with van der Waals surface area (Å²) in [6, 6.07) is 0. The quantitative estimate of drug-likeness (QED) is 0.399. The Hall–Kier alpha value is -0.830. The molecule has 0 aliphatic heterocycles. The van der Waals surface area contributed by atoms with Crippen molar-refractivity contribution in [3.63, 3.8) is 0 Å². The predicted octanol–water partition coefficient (Wildman–Crippen LogP) is 0.702. The molecule has 0 saturated heterocycles. The maximum absolute atomic E-state index is 8.80. The minimum atomic E-state index is 0. The van der Waals surface area contributed by atoms with Crippen LogP contribution in [0.3, 0.4) is 0 Å². The van der Waals surface area contributed by atoms with Gasteiger partial charge >= 0.3 is 0 Å². The first kappa shape index (κ1) is 18.2. The molecule has 0 atom stereocenters. The smallest absolute Gasteiger partial charge is 0.191 e. The number of rotatable bonds is 5. The van der Waals surface area contributed by atoms with Crippen LogP contribution in [0.25, 0.3) is 0 Å². The molecule has 0 spiro atoms. The number of aromatic nitrogens is 2. The maximum Gasteiger partial charge on any atom is 0.191 e. The number of nitrogens with one attached hydrogen (secondary N) is 2. The lowest BCUT2D eigenvalue weighted by atomic mass is 10.2. The number of hydrogen-bond acceptors (Lipinski definition) is 3. The van der Waals surface area contributed by atoms with Crippen molar-refractivity contribution in [1.29, 1.82) is 0 Å². The van der Waals surface area contributed by atoms with Crippen LogP contribution in [0.2, 0.25) is 0 Å². The summed E-state index contributed by atoms with van der Waals surface area (Å²) in [4.78, 5) is 4.49. The number of aliphatic hydroxyl groups excluding tert-OH is 1. The summed E-state index contributed by atoms with van der Waals surface area (Å²) in [5.41, 5.74) is 3.30. The predicted molar refractivity (Wildman–Crippen MR) is 88.0 cm³/mol. The summed E-state index contributed by atoms with van der Waals surface area (Å²) in [5.74, 6) is 0.717. The fourth-order valence-corrected chi connectivity index (χ4v) is 1.72. The normalized spacial score (nSPS) is 11.1. The zero-order chi connectivity index (χ0) is 13.5. The zero-order valence-corrected chi connectivity index (χ0v) is 14.4. The van der Waals surface area contributed by atoms with Gasteiger partial charge in [-0.3, -0.25) is 4.68 Å². The maximum atomic E-state index is 8.80. The highest BCUT2D eigenvalue weighted by atomic mass is 127. The number of aryl methyl sites for hydroxylation is 2. The summed E-state index contributed by atoms with van der Waals surface area (Å²) < 4.78 is 1.87. The Balaban J connectivity index is 0.00000324. The first-order valence-corrected chi connectivity index (χ1v) is 6.22. The van der Waals surface area contributed by atoms with Gasteiger partial charge < -0.3 is 15.7 Å². The highest BCUT2D eigenvalue weighted by Gasteiger charge is 2.08. The SMILES string of the molecule is CCNC(=NCc1c(C)nn(C)c1C)NCCO.I. The van der Waals surface area contributed by atoms with Gasteiger partial charge in [0.1, 0.15) is 0 Å². The van der Waals surface area contributed by atoms with Crippen molar-refractivity contribution in [3.05, 3.63) is 17.0 Å². The fraction of sp³-hybridized carbons (Fsp3) is 0.667. The first-order chi connectivity index (χ1) is 8.60. The summed E-state index contributed by atoms with van der Waals surface area (Å²) >= 11 is 0. The molecule has 0 saturated carbocycles. The van der Waals surface area contributed by atoms with Gasteiger partial charge in [0, 0.05) is 31.4 Å². The van der Waals surface area contributed by atoms with Gasteiger partial charge in [0.05, 0.1) is 18.8 Å². The molecule has 0 aliphatic rings. The van der Waals surface area contributed by atoms with Crippen LogP contribution < -0.4 is 10.6 Å². The summed E-state index contributed by atoms with van der Waals surface area (Å²) in [6.07, 6.45) is 0. The molecule has 0 aliphatic carbocycles. The van der Waals surface area contributed by atoms with Gasteiger partial charge in [-0.1, -0.05) is 0 Å². The molecule has 6 nitrogen and oxygen atoms in total. The largest absolute Gasteiger partial charge is 0.395 e. The van der Waals surface area contributed by atoms with Crippen LogP contribution in [0.15, 0.2) is 4.99 Å². The Bertz CT molecular complexity index is 416. The molecule has 1 heterocycles. The van der Waals surface area contributed by atoms with Crippen molar-refractivity contribution in [2.45, 2.75) is 27.3 Å². The molecule has 7 heteroatoms. The van der Waals surface area contributed by atoms with E-state index in [-0.39, 0.29) is 30.6 Å². The molecule has 110 valence electrons. The lowest BCUT2D eigenvalue weighted by Gasteiger charge is -2.09. The van der Waals surface area contributed by atoms with Gasteiger partial charge in [0.2, 0.25) is 0 Å². The van der Waals surface area contributed by atoms with E-state index in [2.05, 4.69) is 20.7 Å². The van der Waals surface area contributed by atoms with Crippen molar-refractivity contribution >= 4 is 29.9 Å². The van der Waals surface area contributed by atoms with Gasteiger partial charge in [-0.2, -0.15) is 5.10 Å². The van der Waals surface area contributed by atoms with E-state index in [0.717, 1.165) is 23.5 Å². The van der Waals surface area contributed by atoms with Gasteiger partial charge in [-0.25, -0.2) is 4.99 Å². The minimum absolute atomic E-state index is 0. The molecule has 1 aromatic rings. The highest BCUT2D eigenvalue weighted by Crippen LogP contribution is 2.12. The van der Waals surface area contributed by atoms with E-state index in [1.165, 1.54) is 0 Å². The number of aliphatic hydroxyl groups is 1. The standard InChI is InChI=1S/C12H23N5O.HI/c1-5-13-12(14-6-7-18)15-8-11-9(2)16-17(4)10(11)3;/h18H,5-8H2,1-4H3,(H2,13,14,15);1H. The van der Waals surface area contributed by atoms with Gasteiger partial charge in [0.25, 0.3) is 0 Å². The lowest BCUT2D eigenvalue weighted by Crippen LogP contribution is -2.38. The summed E-state index contributed by atoms with van der Waals surface area (Å²) in [6.45, 7) is 8.02. The molecule has 3 N–H and O–H groups in total. The molecule has 1 aromatic heterocycles. The van der Waals surface area contributed by atoms with Crippen LogP contribution in [-0.4, -0.2) is 40.5 Å². The van der Waals surface area contributed by atoms with Crippen LogP contribution in [0.4, 0.5) is 0 Å². The van der Waals surface area contributed by atoms with Crippen LogP contribution >= 0.6 is 24.0 Å². The number of hydrogen-bond donors (Lipinski definition) is 3. The van der Waals surface area contributed by atoms with Crippen LogP contribution in [0, 0.1) is 13.8 Å². The Kier molecular flexibility index (Phi) is 8.73. The molecule has 0 unspecified atom stereocenters. The van der Waals surface area contributed by atoms with Crippen LogP contribution in [0.5, 0.6) is 0 Å². The van der Waals surface area contributed by atoms with E-state index in [0.29, 0.717) is 19.0 Å². The molecule has 19 heavy (non-hydrogen) atoms. The number of nitrogens with zero attached hydrogens (tertiary/aromatic N) is 3. The average Bonchev–Trinajstić information content (AvgIpc) is 2.58. The third kappa shape index (κ3) is 5.35. The third-order valence-corrected chi connectivity index (χ3v) is 2.80. The second-order valence-corrected chi connectivity index (χ2v) is 4.12. The molecule has 0 aromatic carbocycles. The zero-order valence-electron chi connectivity index (χ0n) is 12.0. The van der Waals surface area contributed by atoms with Gasteiger partial charge in [-0.05, 0) is 20.8 Å². The van der Waals surface area contributed by atoms with E-state index in [1.807, 2.05) is 32.5 Å². The van der Waals surface area contributed by atoms with Crippen molar-refractivity contribution in [3.8, 4) is 0 Å². The van der Waals surface area contributed by atoms with E-state index in [1.54, 1.807) is 0 Å². The van der Waals surface area contributed by atoms with Crippen LogP contribution in [0.1, 0.15) is 23.9 Å². The monoisotopic (exact) mass is 381 g/mol. The van der Waals surface area contributed by atoms with Crippen molar-refractivity contribution < 1.29 is 5.11 Å². The molecule has 0 bridgehead atoms. The number of aliphatic imine (C=N–C) groups is 1. The summed E-state index contributed by atoms with van der Waals surface area (Å²) in [5, 5.41) is 19.3. The third-order valence-electron chi connectivity index (χ3n) is 2.80. The molecular formula is C12H24IN5O. The topological polar surface area (TPSA) is 74.5 Å². The lowest BCUT2D eigenvalue weighted by molar-refractivity contribution is 0.300. The Morgan fingerprint density at radius 1 is 1.37 bits per heavy atom. The fourth-order valence-electron chi connectivity index (χ4n) is 1.72. The Morgan fingerprint density at radius 3 is 2.53 bits per heavy atom. The van der Waals surface area contributed by atoms with E-state index < -0.39 is 0 Å². The van der Waals surface area contributed by atoms with E-state index in [4.69, 9.17) is 5.11 Å².